The average Bonchev–Trinajstić information content (AvgIpc) is 3.41. The van der Waals surface area contributed by atoms with Gasteiger partial charge in [0.1, 0.15) is 5.76 Å². The summed E-state index contributed by atoms with van der Waals surface area (Å²) < 4.78 is 6.81. The predicted molar refractivity (Wildman–Crippen MR) is 150 cm³/mol. The van der Waals surface area contributed by atoms with Crippen LogP contribution in [0.2, 0.25) is 0 Å². The fourth-order valence-electron chi connectivity index (χ4n) is 4.43. The predicted octanol–water partition coefficient (Wildman–Crippen LogP) is 3.44. The Morgan fingerprint density at radius 2 is 1.82 bits per heavy atom. The van der Waals surface area contributed by atoms with Crippen molar-refractivity contribution >= 4 is 45.0 Å². The second-order valence-electron chi connectivity index (χ2n) is 9.58. The minimum Gasteiger partial charge on any atom is -0.508 e. The smallest absolute Gasteiger partial charge is 0.282 e. The van der Waals surface area contributed by atoms with Crippen LogP contribution in [0, 0.1) is 5.92 Å². The number of ether oxygens (including phenoxy) is 1. The van der Waals surface area contributed by atoms with Crippen molar-refractivity contribution in [3.8, 4) is 0 Å². The van der Waals surface area contributed by atoms with Crippen LogP contribution in [-0.2, 0) is 9.53 Å². The summed E-state index contributed by atoms with van der Waals surface area (Å²) in [4.78, 5) is 44.5. The number of aliphatic hydroxyl groups excluding tert-OH is 1. The van der Waals surface area contributed by atoms with Crippen molar-refractivity contribution in [1.82, 2.24) is 15.2 Å². The number of aliphatic hydroxyl groups is 1. The Kier molecular flexibility index (Phi) is 9.12. The Balaban J connectivity index is 1.27. The van der Waals surface area contributed by atoms with Crippen molar-refractivity contribution < 1.29 is 29.4 Å². The molecule has 0 aliphatic carbocycles. The summed E-state index contributed by atoms with van der Waals surface area (Å²) in [6.07, 6.45) is -0.416. The second-order valence-corrected chi connectivity index (χ2v) is 10.6. The third-order valence-corrected chi connectivity index (χ3v) is 7.69. The first-order chi connectivity index (χ1) is 19.2. The zero-order chi connectivity index (χ0) is 28.8. The number of amides is 2. The van der Waals surface area contributed by atoms with E-state index in [0.29, 0.717) is 42.6 Å². The van der Waals surface area contributed by atoms with Gasteiger partial charge in [0.15, 0.2) is 22.9 Å². The Bertz CT molecular complexity index is 1400. The van der Waals surface area contributed by atoms with Crippen molar-refractivity contribution in [3.05, 3.63) is 77.0 Å². The van der Waals surface area contributed by atoms with Gasteiger partial charge in [0.25, 0.3) is 5.91 Å². The number of oxime groups is 1. The third-order valence-electron chi connectivity index (χ3n) is 6.66. The highest BCUT2D eigenvalue weighted by molar-refractivity contribution is 7.20. The van der Waals surface area contributed by atoms with Gasteiger partial charge in [0.2, 0.25) is 5.91 Å². The monoisotopic (exact) mass is 565 g/mol. The van der Waals surface area contributed by atoms with Gasteiger partial charge in [-0.15, -0.1) is 11.3 Å². The number of ketones is 1. The number of aromatic nitrogens is 1. The van der Waals surface area contributed by atoms with E-state index in [0.717, 1.165) is 4.70 Å². The summed E-state index contributed by atoms with van der Waals surface area (Å²) in [6, 6.07) is 13.7. The number of nitrogens with two attached hydrogens (primary N) is 1. The Morgan fingerprint density at radius 3 is 2.45 bits per heavy atom. The van der Waals surface area contributed by atoms with E-state index < -0.39 is 18.1 Å². The molecule has 0 radical (unpaired) electrons. The summed E-state index contributed by atoms with van der Waals surface area (Å²) >= 11 is 1.24. The number of Topliss-reactive ketones (excluding diaryl/α,β-unsaturated/α-hetero) is 1. The molecule has 1 aliphatic heterocycles. The number of fused-ring (bicyclic) bond motifs is 1. The van der Waals surface area contributed by atoms with Crippen molar-refractivity contribution in [2.75, 3.05) is 13.1 Å². The Labute approximate surface area is 234 Å². The van der Waals surface area contributed by atoms with Crippen LogP contribution in [0.3, 0.4) is 0 Å². The van der Waals surface area contributed by atoms with Gasteiger partial charge in [-0.2, -0.15) is 0 Å². The van der Waals surface area contributed by atoms with E-state index in [1.165, 1.54) is 11.3 Å². The number of thiazole rings is 1. The number of piperidine rings is 1. The molecule has 1 aliphatic rings. The number of likely N-dealkylation sites (tertiary alicyclic amines) is 1. The number of para-hydroxylation sites is 1. The fraction of sp³-hybridized carbons (Fsp3) is 0.321. The lowest BCUT2D eigenvalue weighted by Gasteiger charge is -2.35. The van der Waals surface area contributed by atoms with E-state index in [1.54, 1.807) is 36.1 Å². The van der Waals surface area contributed by atoms with Crippen LogP contribution in [0.5, 0.6) is 0 Å². The van der Waals surface area contributed by atoms with Crippen LogP contribution in [0.15, 0.2) is 66.0 Å². The second kappa shape index (κ2) is 12.7. The summed E-state index contributed by atoms with van der Waals surface area (Å²) in [5, 5.41) is 24.6. The molecular weight excluding hydrogens is 534 g/mol. The molecule has 0 saturated carbocycles. The van der Waals surface area contributed by atoms with Crippen molar-refractivity contribution in [2.24, 2.45) is 16.8 Å². The number of benzene rings is 2. The van der Waals surface area contributed by atoms with E-state index in [9.17, 15) is 19.5 Å². The molecule has 210 valence electrons. The number of nitrogens with one attached hydrogen (secondary N) is 1. The van der Waals surface area contributed by atoms with Crippen LogP contribution >= 0.6 is 11.3 Å². The largest absolute Gasteiger partial charge is 0.508 e. The van der Waals surface area contributed by atoms with E-state index in [1.807, 2.05) is 24.3 Å². The molecule has 3 aromatic rings. The molecule has 11 nitrogen and oxygen atoms in total. The van der Waals surface area contributed by atoms with Gasteiger partial charge >= 0.3 is 0 Å². The van der Waals surface area contributed by atoms with Gasteiger partial charge in [0, 0.05) is 36.6 Å². The van der Waals surface area contributed by atoms with Crippen LogP contribution in [0.25, 0.3) is 10.2 Å². The van der Waals surface area contributed by atoms with Crippen LogP contribution in [0.1, 0.15) is 51.9 Å². The first kappa shape index (κ1) is 28.7. The number of carbonyl (C=O) groups excluding carboxylic acids is 3. The lowest BCUT2D eigenvalue weighted by molar-refractivity contribution is -0.138. The molecule has 4 rings (SSSR count). The molecule has 12 heteroatoms. The van der Waals surface area contributed by atoms with Crippen LogP contribution in [0.4, 0.5) is 0 Å². The van der Waals surface area contributed by atoms with E-state index >= 15 is 0 Å². The number of rotatable bonds is 10. The molecule has 40 heavy (non-hydrogen) atoms. The molecule has 0 spiro atoms. The molecule has 2 aromatic carbocycles. The van der Waals surface area contributed by atoms with Crippen LogP contribution in [-0.4, -0.2) is 69.1 Å². The minimum atomic E-state index is -1.12. The fourth-order valence-corrected chi connectivity index (χ4v) is 5.30. The molecule has 1 aromatic heterocycles. The van der Waals surface area contributed by atoms with Gasteiger partial charge in [0.05, 0.1) is 16.3 Å². The molecular formula is C28H31N5O6S. The number of amidine groups is 1. The SMILES string of the molecule is C=C(O)C(NC(=O)c1nc2ccccc2s1)OC1CCN(C(=O)C(C)CC(=O)c2ccc(/C(N)=N/O)cc2)CC1. The summed E-state index contributed by atoms with van der Waals surface area (Å²) in [5.41, 5.74) is 7.18. The molecule has 5 N–H and O–H groups in total. The van der Waals surface area contributed by atoms with E-state index in [-0.39, 0.29) is 40.8 Å². The zero-order valence-electron chi connectivity index (χ0n) is 21.9. The highest BCUT2D eigenvalue weighted by Crippen LogP contribution is 2.23. The first-order valence-electron chi connectivity index (χ1n) is 12.8. The van der Waals surface area contributed by atoms with E-state index in [2.05, 4.69) is 22.0 Å². The zero-order valence-corrected chi connectivity index (χ0v) is 22.8. The lowest BCUT2D eigenvalue weighted by Crippen LogP contribution is -2.46. The molecule has 1 saturated heterocycles. The maximum Gasteiger partial charge on any atom is 0.282 e. The number of hydrogen-bond donors (Lipinski definition) is 4. The van der Waals surface area contributed by atoms with Crippen molar-refractivity contribution in [3.63, 3.8) is 0 Å². The van der Waals surface area contributed by atoms with Gasteiger partial charge in [-0.05, 0) is 25.0 Å². The number of nitrogens with zero attached hydrogens (tertiary/aromatic N) is 3. The van der Waals surface area contributed by atoms with Gasteiger partial charge in [-0.1, -0.05) is 55.1 Å². The molecule has 2 amide bonds. The maximum absolute atomic E-state index is 13.0. The highest BCUT2D eigenvalue weighted by Gasteiger charge is 2.30. The standard InChI is InChI=1S/C28H31N5O6S/c1-16(15-22(35)18-7-9-19(10-8-18)24(29)32-38)28(37)33-13-11-20(12-14-33)39-26(17(2)34)31-25(36)27-30-21-5-3-4-6-23(21)40-27/h3-10,16,20,26,34,38H,2,11-15H2,1H3,(H2,29,32)(H,31,36). The quantitative estimate of drug-likeness (QED) is 0.0551. The topological polar surface area (TPSA) is 167 Å². The van der Waals surface area contributed by atoms with Gasteiger partial charge < -0.3 is 31.0 Å². The lowest BCUT2D eigenvalue weighted by atomic mass is 9.96. The molecule has 2 unspecified atom stereocenters. The maximum atomic E-state index is 13.0. The Hall–Kier alpha value is -4.29. The molecule has 0 bridgehead atoms. The van der Waals surface area contributed by atoms with Crippen LogP contribution < -0.4 is 11.1 Å². The highest BCUT2D eigenvalue weighted by atomic mass is 32.1. The summed E-state index contributed by atoms with van der Waals surface area (Å²) in [7, 11) is 0. The third kappa shape index (κ3) is 6.82. The molecule has 2 heterocycles. The molecule has 2 atom stereocenters. The molecule has 1 fully saturated rings. The summed E-state index contributed by atoms with van der Waals surface area (Å²) in [6.45, 7) is 6.06. The number of hydrogen-bond acceptors (Lipinski definition) is 9. The summed E-state index contributed by atoms with van der Waals surface area (Å²) in [5.74, 6) is -1.70. The van der Waals surface area contributed by atoms with Crippen molar-refractivity contribution in [2.45, 2.75) is 38.5 Å². The minimum absolute atomic E-state index is 0.0440. The average molecular weight is 566 g/mol. The van der Waals surface area contributed by atoms with Gasteiger partial charge in [-0.25, -0.2) is 4.98 Å². The van der Waals surface area contributed by atoms with Gasteiger partial charge in [-0.3, -0.25) is 14.4 Å². The van der Waals surface area contributed by atoms with E-state index in [4.69, 9.17) is 15.7 Å². The number of carbonyl (C=O) groups is 3. The first-order valence-corrected chi connectivity index (χ1v) is 13.6. The Morgan fingerprint density at radius 1 is 1.18 bits per heavy atom. The normalized spacial score (nSPS) is 15.9. The van der Waals surface area contributed by atoms with Crippen molar-refractivity contribution in [1.29, 1.82) is 0 Å².